The first-order chi connectivity index (χ1) is 9.19. The first kappa shape index (κ1) is 13.1. The normalized spacial score (nSPS) is 21.8. The van der Waals surface area contributed by atoms with Crippen LogP contribution in [0.2, 0.25) is 0 Å². The largest absolute Gasteiger partial charge is 0.311 e. The van der Waals surface area contributed by atoms with Crippen molar-refractivity contribution in [3.05, 3.63) is 11.4 Å². The second kappa shape index (κ2) is 5.23. The molecule has 1 fully saturated rings. The maximum Gasteiger partial charge on any atom is 0.0997 e. The topological polar surface area (TPSA) is 42.7 Å². The van der Waals surface area contributed by atoms with Gasteiger partial charge in [-0.25, -0.2) is 4.68 Å². The van der Waals surface area contributed by atoms with E-state index in [9.17, 15) is 0 Å². The van der Waals surface area contributed by atoms with Crippen LogP contribution in [0.25, 0.3) is 0 Å². The first-order valence-electron chi connectivity index (χ1n) is 7.80. The number of fused-ring (bicyclic) bond motifs is 1. The Balaban J connectivity index is 1.80. The molecule has 0 radical (unpaired) electrons. The lowest BCUT2D eigenvalue weighted by molar-refractivity contribution is 0.185. The second-order valence-electron chi connectivity index (χ2n) is 6.87. The minimum atomic E-state index is 0.487. The molecule has 2 aliphatic rings. The molecule has 4 heteroatoms. The highest BCUT2D eigenvalue weighted by Gasteiger charge is 2.36. The lowest BCUT2D eigenvalue weighted by Crippen LogP contribution is -2.30. The van der Waals surface area contributed by atoms with E-state index < -0.39 is 0 Å². The summed E-state index contributed by atoms with van der Waals surface area (Å²) in [5.41, 5.74) is 3.04. The maximum atomic E-state index is 4.44. The molecule has 19 heavy (non-hydrogen) atoms. The van der Waals surface area contributed by atoms with Crippen molar-refractivity contribution in [1.29, 1.82) is 0 Å². The third kappa shape index (κ3) is 2.69. The zero-order chi connectivity index (χ0) is 13.3. The van der Waals surface area contributed by atoms with Crippen LogP contribution in [-0.2, 0) is 19.5 Å². The summed E-state index contributed by atoms with van der Waals surface area (Å²) < 4.78 is 2.23. The van der Waals surface area contributed by atoms with E-state index in [1.54, 1.807) is 0 Å². The van der Waals surface area contributed by atoms with E-state index in [1.807, 2.05) is 0 Å². The van der Waals surface area contributed by atoms with Crippen LogP contribution in [0.15, 0.2) is 0 Å². The van der Waals surface area contributed by atoms with Crippen LogP contribution >= 0.6 is 0 Å². The maximum absolute atomic E-state index is 4.44. The molecule has 106 valence electrons. The zero-order valence-electron chi connectivity index (χ0n) is 12.3. The van der Waals surface area contributed by atoms with E-state index in [2.05, 4.69) is 34.2 Å². The van der Waals surface area contributed by atoms with Crippen LogP contribution < -0.4 is 5.32 Å². The van der Waals surface area contributed by atoms with Crippen molar-refractivity contribution in [2.75, 3.05) is 6.54 Å². The van der Waals surface area contributed by atoms with Gasteiger partial charge in [-0.15, -0.1) is 5.10 Å². The van der Waals surface area contributed by atoms with E-state index in [1.165, 1.54) is 43.5 Å². The molecule has 1 saturated carbocycles. The molecule has 0 unspecified atom stereocenters. The molecule has 0 saturated heterocycles. The summed E-state index contributed by atoms with van der Waals surface area (Å²) >= 11 is 0. The van der Waals surface area contributed by atoms with E-state index in [0.29, 0.717) is 5.41 Å². The summed E-state index contributed by atoms with van der Waals surface area (Å²) in [5.74, 6) is 0.777. The molecule has 3 rings (SSSR count). The third-order valence-corrected chi connectivity index (χ3v) is 4.74. The Kier molecular flexibility index (Phi) is 3.61. The number of rotatable bonds is 4. The summed E-state index contributed by atoms with van der Waals surface area (Å²) in [6.45, 7) is 7.75. The van der Waals surface area contributed by atoms with E-state index >= 15 is 0 Å². The predicted octanol–water partition coefficient (Wildman–Crippen LogP) is 2.53. The number of nitrogens with one attached hydrogen (secondary N) is 1. The molecule has 0 atom stereocenters. The Labute approximate surface area is 116 Å². The van der Waals surface area contributed by atoms with Crippen molar-refractivity contribution in [3.63, 3.8) is 0 Å². The fourth-order valence-electron chi connectivity index (χ4n) is 4.06. The van der Waals surface area contributed by atoms with Crippen molar-refractivity contribution < 1.29 is 0 Å². The van der Waals surface area contributed by atoms with Gasteiger partial charge in [0.05, 0.1) is 11.4 Å². The van der Waals surface area contributed by atoms with Gasteiger partial charge in [0.2, 0.25) is 0 Å². The van der Waals surface area contributed by atoms with Crippen LogP contribution in [0.3, 0.4) is 0 Å². The summed E-state index contributed by atoms with van der Waals surface area (Å²) in [4.78, 5) is 0. The highest BCUT2D eigenvalue weighted by Crippen LogP contribution is 2.44. The van der Waals surface area contributed by atoms with Crippen LogP contribution in [0.1, 0.15) is 57.3 Å². The fraction of sp³-hybridized carbons (Fsp3) is 0.867. The smallest absolute Gasteiger partial charge is 0.0997 e. The van der Waals surface area contributed by atoms with Crippen molar-refractivity contribution in [1.82, 2.24) is 20.3 Å². The Morgan fingerprint density at radius 1 is 1.32 bits per heavy atom. The SMILES string of the molecule is CC(C)CC1(Cn2nnc3c2CCNC3)CCCC1. The van der Waals surface area contributed by atoms with Crippen molar-refractivity contribution in [2.45, 2.75) is 65.5 Å². The molecular weight excluding hydrogens is 236 g/mol. The predicted molar refractivity (Wildman–Crippen MR) is 75.8 cm³/mol. The molecule has 2 heterocycles. The Bertz CT molecular complexity index is 429. The van der Waals surface area contributed by atoms with Gasteiger partial charge in [-0.3, -0.25) is 0 Å². The number of hydrogen-bond acceptors (Lipinski definition) is 3. The second-order valence-corrected chi connectivity index (χ2v) is 6.87. The molecule has 0 spiro atoms. The highest BCUT2D eigenvalue weighted by atomic mass is 15.4. The lowest BCUT2D eigenvalue weighted by atomic mass is 9.78. The standard InChI is InChI=1S/C15H26N4/c1-12(2)9-15(6-3-4-7-15)11-19-14-5-8-16-10-13(14)17-18-19/h12,16H,3-11H2,1-2H3. The zero-order valence-corrected chi connectivity index (χ0v) is 12.3. The monoisotopic (exact) mass is 262 g/mol. The minimum absolute atomic E-state index is 0.487. The minimum Gasteiger partial charge on any atom is -0.311 e. The average Bonchev–Trinajstić information content (AvgIpc) is 2.98. The summed E-state index contributed by atoms with van der Waals surface area (Å²) in [7, 11) is 0. The van der Waals surface area contributed by atoms with Gasteiger partial charge in [-0.1, -0.05) is 31.9 Å². The Hall–Kier alpha value is -0.900. The van der Waals surface area contributed by atoms with Gasteiger partial charge in [0.25, 0.3) is 0 Å². The van der Waals surface area contributed by atoms with Gasteiger partial charge < -0.3 is 5.32 Å². The average molecular weight is 262 g/mol. The molecule has 4 nitrogen and oxygen atoms in total. The number of aromatic nitrogens is 3. The summed E-state index contributed by atoms with van der Waals surface area (Å²) in [6, 6.07) is 0. The molecule has 0 bridgehead atoms. The Morgan fingerprint density at radius 2 is 2.11 bits per heavy atom. The van der Waals surface area contributed by atoms with Crippen LogP contribution in [-0.4, -0.2) is 21.5 Å². The van der Waals surface area contributed by atoms with Crippen molar-refractivity contribution in [3.8, 4) is 0 Å². The Morgan fingerprint density at radius 3 is 2.84 bits per heavy atom. The number of hydrogen-bond donors (Lipinski definition) is 1. The highest BCUT2D eigenvalue weighted by molar-refractivity contribution is 5.13. The quantitative estimate of drug-likeness (QED) is 0.906. The van der Waals surface area contributed by atoms with E-state index in [-0.39, 0.29) is 0 Å². The van der Waals surface area contributed by atoms with Gasteiger partial charge in [0.1, 0.15) is 0 Å². The first-order valence-corrected chi connectivity index (χ1v) is 7.80. The van der Waals surface area contributed by atoms with Gasteiger partial charge in [-0.2, -0.15) is 0 Å². The van der Waals surface area contributed by atoms with Gasteiger partial charge >= 0.3 is 0 Å². The van der Waals surface area contributed by atoms with Gasteiger partial charge in [0, 0.05) is 26.1 Å². The molecule has 1 aromatic rings. The summed E-state index contributed by atoms with van der Waals surface area (Å²) in [6.07, 6.45) is 7.95. The third-order valence-electron chi connectivity index (χ3n) is 4.74. The molecule has 1 aromatic heterocycles. The van der Waals surface area contributed by atoms with E-state index in [4.69, 9.17) is 0 Å². The van der Waals surface area contributed by atoms with Gasteiger partial charge in [0.15, 0.2) is 0 Å². The van der Waals surface area contributed by atoms with Gasteiger partial charge in [-0.05, 0) is 30.6 Å². The number of nitrogens with zero attached hydrogens (tertiary/aromatic N) is 3. The van der Waals surface area contributed by atoms with Crippen LogP contribution in [0.5, 0.6) is 0 Å². The molecule has 0 aromatic carbocycles. The molecule has 1 aliphatic carbocycles. The molecular formula is C15H26N4. The fourth-order valence-corrected chi connectivity index (χ4v) is 4.06. The van der Waals surface area contributed by atoms with Crippen molar-refractivity contribution >= 4 is 0 Å². The van der Waals surface area contributed by atoms with E-state index in [0.717, 1.165) is 32.0 Å². The van der Waals surface area contributed by atoms with Crippen molar-refractivity contribution in [2.24, 2.45) is 11.3 Å². The molecule has 1 N–H and O–H groups in total. The summed E-state index contributed by atoms with van der Waals surface area (Å²) in [5, 5.41) is 12.2. The lowest BCUT2D eigenvalue weighted by Gasteiger charge is -2.31. The van der Waals surface area contributed by atoms with Crippen LogP contribution in [0.4, 0.5) is 0 Å². The van der Waals surface area contributed by atoms with Crippen LogP contribution in [0, 0.1) is 11.3 Å². The molecule has 1 aliphatic heterocycles. The molecule has 0 amide bonds.